The van der Waals surface area contributed by atoms with Crippen molar-refractivity contribution < 1.29 is 0 Å². The van der Waals surface area contributed by atoms with Crippen LogP contribution in [0.5, 0.6) is 0 Å². The van der Waals surface area contributed by atoms with Crippen molar-refractivity contribution in [3.63, 3.8) is 0 Å². The standard InChI is InChI=1S/C18H27ClN2/c1-14-6-7-16(17(19)10-14)12-21-13-18(20-11-15(21)2)8-4-3-5-9-18/h6-7,10,15,20H,3-5,8-9,11-13H2,1-2H3. The molecule has 3 heteroatoms. The third kappa shape index (κ3) is 3.44. The molecule has 2 aliphatic rings. The fourth-order valence-corrected chi connectivity index (χ4v) is 4.16. The van der Waals surface area contributed by atoms with E-state index in [9.17, 15) is 0 Å². The van der Waals surface area contributed by atoms with E-state index in [2.05, 4.69) is 42.3 Å². The van der Waals surface area contributed by atoms with Crippen LogP contribution in [0.1, 0.15) is 50.2 Å². The molecule has 1 saturated carbocycles. The molecular weight excluding hydrogens is 280 g/mol. The van der Waals surface area contributed by atoms with Crippen LogP contribution in [-0.2, 0) is 6.54 Å². The molecule has 1 saturated heterocycles. The number of aryl methyl sites for hydroxylation is 1. The Bertz CT molecular complexity index is 494. The molecule has 1 N–H and O–H groups in total. The lowest BCUT2D eigenvalue weighted by atomic mass is 9.79. The van der Waals surface area contributed by atoms with Gasteiger partial charge in [0.2, 0.25) is 0 Å². The van der Waals surface area contributed by atoms with Crippen LogP contribution in [0.2, 0.25) is 5.02 Å². The SMILES string of the molecule is Cc1ccc(CN2CC3(CCCCC3)NCC2C)c(Cl)c1. The summed E-state index contributed by atoms with van der Waals surface area (Å²) in [4.78, 5) is 2.62. The molecule has 1 unspecified atom stereocenters. The van der Waals surface area contributed by atoms with E-state index in [0.29, 0.717) is 11.6 Å². The van der Waals surface area contributed by atoms with Crippen LogP contribution in [0, 0.1) is 6.92 Å². The third-order valence-electron chi connectivity index (χ3n) is 5.29. The number of hydrogen-bond donors (Lipinski definition) is 1. The molecule has 0 bridgehead atoms. The molecule has 0 amide bonds. The molecule has 21 heavy (non-hydrogen) atoms. The second kappa shape index (κ2) is 6.28. The van der Waals surface area contributed by atoms with Gasteiger partial charge < -0.3 is 5.32 Å². The molecule has 1 aromatic carbocycles. The number of hydrogen-bond acceptors (Lipinski definition) is 2. The Balaban J connectivity index is 1.73. The quantitative estimate of drug-likeness (QED) is 0.883. The van der Waals surface area contributed by atoms with E-state index in [-0.39, 0.29) is 0 Å². The van der Waals surface area contributed by atoms with Crippen LogP contribution in [0.3, 0.4) is 0 Å². The minimum atomic E-state index is 0.363. The molecule has 1 aliphatic carbocycles. The van der Waals surface area contributed by atoms with E-state index in [4.69, 9.17) is 11.6 Å². The van der Waals surface area contributed by atoms with Crippen LogP contribution in [0.15, 0.2) is 18.2 Å². The zero-order chi connectivity index (χ0) is 14.9. The highest BCUT2D eigenvalue weighted by atomic mass is 35.5. The predicted molar refractivity (Wildman–Crippen MR) is 89.9 cm³/mol. The molecule has 1 aliphatic heterocycles. The Hall–Kier alpha value is -0.570. The number of rotatable bonds is 2. The average molecular weight is 307 g/mol. The monoisotopic (exact) mass is 306 g/mol. The predicted octanol–water partition coefficient (Wildman–Crippen LogP) is 4.15. The zero-order valence-electron chi connectivity index (χ0n) is 13.3. The number of piperazine rings is 1. The Labute approximate surface area is 133 Å². The summed E-state index contributed by atoms with van der Waals surface area (Å²) in [6, 6.07) is 7.03. The first-order valence-electron chi connectivity index (χ1n) is 8.32. The Morgan fingerprint density at radius 2 is 2.05 bits per heavy atom. The molecule has 3 rings (SSSR count). The van der Waals surface area contributed by atoms with Gasteiger partial charge in [-0.05, 0) is 43.9 Å². The summed E-state index contributed by atoms with van der Waals surface area (Å²) < 4.78 is 0. The summed E-state index contributed by atoms with van der Waals surface area (Å²) in [7, 11) is 0. The highest BCUT2D eigenvalue weighted by molar-refractivity contribution is 6.31. The Morgan fingerprint density at radius 1 is 1.29 bits per heavy atom. The van der Waals surface area contributed by atoms with Crippen molar-refractivity contribution in [3.05, 3.63) is 34.3 Å². The van der Waals surface area contributed by atoms with Gasteiger partial charge in [0, 0.05) is 36.2 Å². The van der Waals surface area contributed by atoms with Crippen molar-refractivity contribution in [2.45, 2.75) is 64.1 Å². The van der Waals surface area contributed by atoms with Crippen LogP contribution in [0.25, 0.3) is 0 Å². The number of nitrogens with one attached hydrogen (secondary N) is 1. The number of halogens is 1. The van der Waals surface area contributed by atoms with Crippen LogP contribution in [-0.4, -0.2) is 29.6 Å². The van der Waals surface area contributed by atoms with Gasteiger partial charge in [-0.25, -0.2) is 0 Å². The maximum Gasteiger partial charge on any atom is 0.0453 e. The average Bonchev–Trinajstić information content (AvgIpc) is 2.47. The van der Waals surface area contributed by atoms with Gasteiger partial charge in [-0.1, -0.05) is 43.0 Å². The summed E-state index contributed by atoms with van der Waals surface area (Å²) in [6.45, 7) is 7.66. The summed E-state index contributed by atoms with van der Waals surface area (Å²) in [5.41, 5.74) is 2.87. The van der Waals surface area contributed by atoms with E-state index < -0.39 is 0 Å². The van der Waals surface area contributed by atoms with Crippen molar-refractivity contribution in [1.29, 1.82) is 0 Å². The van der Waals surface area contributed by atoms with Gasteiger partial charge in [0.05, 0.1) is 0 Å². The maximum atomic E-state index is 6.43. The van der Waals surface area contributed by atoms with Crippen molar-refractivity contribution in [3.8, 4) is 0 Å². The van der Waals surface area contributed by atoms with Crippen LogP contribution < -0.4 is 5.32 Å². The van der Waals surface area contributed by atoms with Crippen molar-refractivity contribution in [1.82, 2.24) is 10.2 Å². The topological polar surface area (TPSA) is 15.3 Å². The fourth-order valence-electron chi connectivity index (χ4n) is 3.87. The smallest absolute Gasteiger partial charge is 0.0453 e. The highest BCUT2D eigenvalue weighted by Gasteiger charge is 2.38. The lowest BCUT2D eigenvalue weighted by Gasteiger charge is -2.49. The van der Waals surface area contributed by atoms with Gasteiger partial charge in [-0.3, -0.25) is 4.90 Å². The molecule has 1 aromatic rings. The van der Waals surface area contributed by atoms with Gasteiger partial charge in [0.1, 0.15) is 0 Å². The minimum Gasteiger partial charge on any atom is -0.308 e. The highest BCUT2D eigenvalue weighted by Crippen LogP contribution is 2.33. The lowest BCUT2D eigenvalue weighted by Crippen LogP contribution is -2.63. The van der Waals surface area contributed by atoms with Gasteiger partial charge in [0.15, 0.2) is 0 Å². The van der Waals surface area contributed by atoms with Gasteiger partial charge >= 0.3 is 0 Å². The van der Waals surface area contributed by atoms with Crippen LogP contribution >= 0.6 is 11.6 Å². The summed E-state index contributed by atoms with van der Waals surface area (Å²) in [6.07, 6.45) is 6.82. The first kappa shape index (κ1) is 15.3. The molecule has 1 spiro atoms. The Kier molecular flexibility index (Phi) is 4.58. The largest absolute Gasteiger partial charge is 0.308 e. The van der Waals surface area contributed by atoms with Crippen molar-refractivity contribution in [2.24, 2.45) is 0 Å². The Morgan fingerprint density at radius 3 is 2.76 bits per heavy atom. The molecule has 116 valence electrons. The van der Waals surface area contributed by atoms with Gasteiger partial charge in [-0.15, -0.1) is 0 Å². The van der Waals surface area contributed by atoms with Crippen molar-refractivity contribution >= 4 is 11.6 Å². The second-order valence-electron chi connectivity index (χ2n) is 7.07. The first-order chi connectivity index (χ1) is 10.1. The van der Waals surface area contributed by atoms with Gasteiger partial charge in [0.25, 0.3) is 0 Å². The molecule has 2 nitrogen and oxygen atoms in total. The van der Waals surface area contributed by atoms with E-state index in [1.807, 2.05) is 0 Å². The fraction of sp³-hybridized carbons (Fsp3) is 0.667. The number of benzene rings is 1. The van der Waals surface area contributed by atoms with E-state index >= 15 is 0 Å². The second-order valence-corrected chi connectivity index (χ2v) is 7.48. The molecular formula is C18H27ClN2. The molecule has 2 fully saturated rings. The lowest BCUT2D eigenvalue weighted by molar-refractivity contribution is 0.0573. The van der Waals surface area contributed by atoms with Crippen LogP contribution in [0.4, 0.5) is 0 Å². The molecule has 0 radical (unpaired) electrons. The summed E-state index contributed by atoms with van der Waals surface area (Å²) in [5.74, 6) is 0. The first-order valence-corrected chi connectivity index (χ1v) is 8.70. The molecule has 0 aromatic heterocycles. The number of nitrogens with zero attached hydrogens (tertiary/aromatic N) is 1. The minimum absolute atomic E-state index is 0.363. The van der Waals surface area contributed by atoms with E-state index in [1.165, 1.54) is 49.8 Å². The maximum absolute atomic E-state index is 6.43. The van der Waals surface area contributed by atoms with E-state index in [1.54, 1.807) is 0 Å². The summed E-state index contributed by atoms with van der Waals surface area (Å²) in [5, 5.41) is 4.76. The third-order valence-corrected chi connectivity index (χ3v) is 5.65. The van der Waals surface area contributed by atoms with Gasteiger partial charge in [-0.2, -0.15) is 0 Å². The molecule has 1 heterocycles. The van der Waals surface area contributed by atoms with Crippen molar-refractivity contribution in [2.75, 3.05) is 13.1 Å². The molecule has 1 atom stereocenters. The zero-order valence-corrected chi connectivity index (χ0v) is 14.0. The normalized spacial score (nSPS) is 26.1. The summed E-state index contributed by atoms with van der Waals surface area (Å²) >= 11 is 6.43. The van der Waals surface area contributed by atoms with E-state index in [0.717, 1.165) is 18.1 Å².